The highest BCUT2D eigenvalue weighted by atomic mass is 32.1. The van der Waals surface area contributed by atoms with Crippen molar-refractivity contribution in [2.75, 3.05) is 45.2 Å². The normalized spacial score (nSPS) is 19.7. The zero-order chi connectivity index (χ0) is 19.4. The molecule has 0 atom stereocenters. The van der Waals surface area contributed by atoms with Crippen molar-refractivity contribution in [1.82, 2.24) is 0 Å². The molecule has 146 valence electrons. The summed E-state index contributed by atoms with van der Waals surface area (Å²) in [6.45, 7) is 13.7. The van der Waals surface area contributed by atoms with Crippen molar-refractivity contribution in [1.29, 1.82) is 0 Å². The number of likely N-dealkylation sites (N-methyl/N-ethyl adjacent to an activating group) is 1. The van der Waals surface area contributed by atoms with Gasteiger partial charge in [-0.15, -0.1) is 11.3 Å². The van der Waals surface area contributed by atoms with E-state index in [1.165, 1.54) is 48.7 Å². The number of piperazine rings is 1. The van der Waals surface area contributed by atoms with Crippen LogP contribution in [-0.2, 0) is 6.54 Å². The molecular formula is C21H31N3O2S+2. The van der Waals surface area contributed by atoms with Crippen molar-refractivity contribution in [3.8, 4) is 5.75 Å². The number of benzene rings is 1. The van der Waals surface area contributed by atoms with Crippen LogP contribution in [0.15, 0.2) is 24.3 Å². The maximum Gasteiger partial charge on any atom is 0.256 e. The monoisotopic (exact) mass is 389 g/mol. The van der Waals surface area contributed by atoms with Crippen LogP contribution in [0.1, 0.15) is 33.3 Å². The summed E-state index contributed by atoms with van der Waals surface area (Å²) < 4.78 is 5.17. The zero-order valence-electron chi connectivity index (χ0n) is 16.8. The predicted octanol–water partition coefficient (Wildman–Crippen LogP) is 0.929. The summed E-state index contributed by atoms with van der Waals surface area (Å²) in [4.78, 5) is 17.3. The highest BCUT2D eigenvalue weighted by molar-refractivity contribution is 7.16. The Bertz CT molecular complexity index is 777. The summed E-state index contributed by atoms with van der Waals surface area (Å²) in [7, 11) is 1.63. The van der Waals surface area contributed by atoms with Crippen LogP contribution in [0.4, 0.5) is 5.00 Å². The van der Waals surface area contributed by atoms with E-state index < -0.39 is 0 Å². The van der Waals surface area contributed by atoms with E-state index >= 15 is 0 Å². The molecule has 0 bridgehead atoms. The van der Waals surface area contributed by atoms with Gasteiger partial charge in [0.2, 0.25) is 0 Å². The summed E-state index contributed by atoms with van der Waals surface area (Å²) in [6.07, 6.45) is 0. The Morgan fingerprint density at radius 2 is 1.74 bits per heavy atom. The fourth-order valence-corrected chi connectivity index (χ4v) is 4.72. The number of amides is 1. The van der Waals surface area contributed by atoms with Crippen molar-refractivity contribution >= 4 is 22.2 Å². The molecule has 1 aliphatic heterocycles. The van der Waals surface area contributed by atoms with E-state index in [9.17, 15) is 4.79 Å². The predicted molar refractivity (Wildman–Crippen MR) is 110 cm³/mol. The molecule has 0 aliphatic carbocycles. The molecule has 1 aliphatic rings. The Balaban J connectivity index is 1.72. The first kappa shape index (κ1) is 19.9. The van der Waals surface area contributed by atoms with E-state index in [2.05, 4.69) is 26.1 Å². The van der Waals surface area contributed by atoms with Gasteiger partial charge in [0, 0.05) is 16.0 Å². The standard InChI is InChI=1S/C21H29N3O2S/c1-5-23-10-12-24(13-11-23)14-19-15(2)16(3)27-21(19)22-20(25)17-6-8-18(26-4)9-7-17/h6-9H,5,10-14H2,1-4H3,(H,22,25)/p+2. The van der Waals surface area contributed by atoms with Gasteiger partial charge in [-0.25, -0.2) is 0 Å². The number of hydrogen-bond donors (Lipinski definition) is 3. The topological polar surface area (TPSA) is 47.2 Å². The number of anilines is 1. The average Bonchev–Trinajstić information content (AvgIpc) is 2.96. The molecule has 27 heavy (non-hydrogen) atoms. The summed E-state index contributed by atoms with van der Waals surface area (Å²) >= 11 is 1.69. The molecule has 0 unspecified atom stereocenters. The zero-order valence-corrected chi connectivity index (χ0v) is 17.6. The Labute approximate surface area is 165 Å². The number of carbonyl (C=O) groups is 1. The maximum atomic E-state index is 12.7. The Morgan fingerprint density at radius 1 is 1.11 bits per heavy atom. The van der Waals surface area contributed by atoms with Gasteiger partial charge in [-0.3, -0.25) is 4.79 Å². The number of carbonyl (C=O) groups excluding carboxylic acids is 1. The summed E-state index contributed by atoms with van der Waals surface area (Å²) in [5.74, 6) is 0.697. The van der Waals surface area contributed by atoms with E-state index in [0.717, 1.165) is 17.3 Å². The van der Waals surface area contributed by atoms with Crippen molar-refractivity contribution < 1.29 is 19.3 Å². The van der Waals surface area contributed by atoms with Crippen LogP contribution in [0.25, 0.3) is 0 Å². The molecule has 1 aromatic carbocycles. The number of rotatable bonds is 6. The maximum absolute atomic E-state index is 12.7. The second-order valence-electron chi connectivity index (χ2n) is 7.30. The smallest absolute Gasteiger partial charge is 0.256 e. The van der Waals surface area contributed by atoms with Crippen molar-refractivity contribution in [3.05, 3.63) is 45.8 Å². The molecule has 6 heteroatoms. The molecule has 1 fully saturated rings. The molecule has 5 nitrogen and oxygen atoms in total. The summed E-state index contributed by atoms with van der Waals surface area (Å²) in [5, 5.41) is 4.16. The number of hydrogen-bond acceptors (Lipinski definition) is 3. The first-order valence-electron chi connectivity index (χ1n) is 9.73. The molecule has 1 saturated heterocycles. The van der Waals surface area contributed by atoms with E-state index in [4.69, 9.17) is 4.74 Å². The Morgan fingerprint density at radius 3 is 2.33 bits per heavy atom. The van der Waals surface area contributed by atoms with Crippen LogP contribution >= 0.6 is 11.3 Å². The lowest BCUT2D eigenvalue weighted by Crippen LogP contribution is -3.27. The summed E-state index contributed by atoms with van der Waals surface area (Å²) in [5.41, 5.74) is 3.27. The van der Waals surface area contributed by atoms with Gasteiger partial charge < -0.3 is 19.9 Å². The Hall–Kier alpha value is -1.89. The Kier molecular flexibility index (Phi) is 6.52. The third kappa shape index (κ3) is 4.69. The van der Waals surface area contributed by atoms with Crippen LogP contribution in [0.2, 0.25) is 0 Å². The lowest BCUT2D eigenvalue weighted by molar-refractivity contribution is -1.02. The largest absolute Gasteiger partial charge is 0.497 e. The highest BCUT2D eigenvalue weighted by Crippen LogP contribution is 2.32. The van der Waals surface area contributed by atoms with Gasteiger partial charge in [0.25, 0.3) is 5.91 Å². The second-order valence-corrected chi connectivity index (χ2v) is 8.53. The van der Waals surface area contributed by atoms with Crippen LogP contribution in [0, 0.1) is 13.8 Å². The van der Waals surface area contributed by atoms with Crippen LogP contribution < -0.4 is 19.9 Å². The van der Waals surface area contributed by atoms with E-state index in [-0.39, 0.29) is 5.91 Å². The molecule has 1 amide bonds. The lowest BCUT2D eigenvalue weighted by Gasteiger charge is -2.29. The second kappa shape index (κ2) is 8.87. The van der Waals surface area contributed by atoms with Gasteiger partial charge >= 0.3 is 0 Å². The first-order chi connectivity index (χ1) is 13.0. The number of quaternary nitrogens is 2. The first-order valence-corrected chi connectivity index (χ1v) is 10.5. The lowest BCUT2D eigenvalue weighted by atomic mass is 10.1. The fourth-order valence-electron chi connectivity index (χ4n) is 3.64. The molecule has 2 heterocycles. The average molecular weight is 390 g/mol. The molecule has 0 spiro atoms. The number of methoxy groups -OCH3 is 1. The van der Waals surface area contributed by atoms with E-state index in [0.29, 0.717) is 5.56 Å². The van der Waals surface area contributed by atoms with E-state index in [1.54, 1.807) is 40.4 Å². The minimum absolute atomic E-state index is 0.0598. The molecule has 3 rings (SSSR count). The minimum Gasteiger partial charge on any atom is -0.497 e. The molecule has 0 saturated carbocycles. The van der Waals surface area contributed by atoms with Crippen molar-refractivity contribution in [3.63, 3.8) is 0 Å². The van der Waals surface area contributed by atoms with Crippen molar-refractivity contribution in [2.24, 2.45) is 0 Å². The minimum atomic E-state index is -0.0598. The van der Waals surface area contributed by atoms with Crippen LogP contribution in [-0.4, -0.2) is 45.7 Å². The van der Waals surface area contributed by atoms with Gasteiger partial charge in [0.05, 0.1) is 13.7 Å². The fraction of sp³-hybridized carbons (Fsp3) is 0.476. The third-order valence-electron chi connectivity index (χ3n) is 5.68. The van der Waals surface area contributed by atoms with E-state index in [1.807, 2.05) is 12.1 Å². The van der Waals surface area contributed by atoms with Gasteiger partial charge in [-0.1, -0.05) is 0 Å². The van der Waals surface area contributed by atoms with Gasteiger partial charge in [0.1, 0.15) is 43.5 Å². The van der Waals surface area contributed by atoms with Crippen LogP contribution in [0.3, 0.4) is 0 Å². The van der Waals surface area contributed by atoms with Gasteiger partial charge in [-0.05, 0) is 50.6 Å². The van der Waals surface area contributed by atoms with Gasteiger partial charge in [0.15, 0.2) is 0 Å². The number of ether oxygens (including phenoxy) is 1. The molecular weight excluding hydrogens is 358 g/mol. The summed E-state index contributed by atoms with van der Waals surface area (Å²) in [6, 6.07) is 7.25. The molecule has 0 radical (unpaired) electrons. The molecule has 3 N–H and O–H groups in total. The molecule has 1 aromatic heterocycles. The number of thiophene rings is 1. The third-order valence-corrected chi connectivity index (χ3v) is 6.85. The van der Waals surface area contributed by atoms with Crippen molar-refractivity contribution in [2.45, 2.75) is 27.3 Å². The quantitative estimate of drug-likeness (QED) is 0.688. The number of aryl methyl sites for hydroxylation is 1. The number of nitrogens with one attached hydrogen (secondary N) is 3. The van der Waals surface area contributed by atoms with Gasteiger partial charge in [-0.2, -0.15) is 0 Å². The SMILES string of the molecule is CC[NH+]1CC[NH+](Cc2c(NC(=O)c3ccc(OC)cc3)sc(C)c2C)CC1. The van der Waals surface area contributed by atoms with Crippen LogP contribution in [0.5, 0.6) is 5.75 Å². The molecule has 2 aromatic rings. The highest BCUT2D eigenvalue weighted by Gasteiger charge is 2.25.